The minimum atomic E-state index is 0.167. The van der Waals surface area contributed by atoms with Gasteiger partial charge in [0.15, 0.2) is 5.78 Å². The first-order chi connectivity index (χ1) is 7.75. The predicted molar refractivity (Wildman–Crippen MR) is 70.8 cm³/mol. The van der Waals surface area contributed by atoms with E-state index in [-0.39, 0.29) is 5.78 Å². The summed E-state index contributed by atoms with van der Waals surface area (Å²) in [5.74, 6) is 0.626. The average molecular weight is 269 g/mol. The Hall–Kier alpha value is -0.770. The standard InChI is InChI=1S/C12H9ClOS2/c13-9-3-1-4-10(7-9)16-8-11(14)12-5-2-6-15-12/h1-7H,8H2. The summed E-state index contributed by atoms with van der Waals surface area (Å²) in [4.78, 5) is 13.6. The molecule has 82 valence electrons. The number of halogens is 1. The lowest BCUT2D eigenvalue weighted by molar-refractivity contribution is 0.102. The van der Waals surface area contributed by atoms with Crippen LogP contribution < -0.4 is 0 Å². The zero-order valence-corrected chi connectivity index (χ0v) is 10.7. The molecule has 0 N–H and O–H groups in total. The van der Waals surface area contributed by atoms with Crippen LogP contribution in [0.2, 0.25) is 5.02 Å². The van der Waals surface area contributed by atoms with E-state index in [0.717, 1.165) is 9.77 Å². The summed E-state index contributed by atoms with van der Waals surface area (Å²) in [5, 5.41) is 2.62. The smallest absolute Gasteiger partial charge is 0.182 e. The fourth-order valence-electron chi connectivity index (χ4n) is 1.21. The highest BCUT2D eigenvalue weighted by molar-refractivity contribution is 8.00. The quantitative estimate of drug-likeness (QED) is 0.605. The maximum atomic E-state index is 11.7. The van der Waals surface area contributed by atoms with Crippen LogP contribution in [0.15, 0.2) is 46.7 Å². The molecule has 1 heterocycles. The number of benzene rings is 1. The molecule has 0 unspecified atom stereocenters. The Morgan fingerprint density at radius 3 is 2.88 bits per heavy atom. The number of carbonyl (C=O) groups is 1. The Bertz CT molecular complexity index is 480. The highest BCUT2D eigenvalue weighted by Gasteiger charge is 2.07. The van der Waals surface area contributed by atoms with Crippen LogP contribution >= 0.6 is 34.7 Å². The Kier molecular flexibility index (Phi) is 4.04. The number of ketones is 1. The van der Waals surface area contributed by atoms with Gasteiger partial charge >= 0.3 is 0 Å². The maximum Gasteiger partial charge on any atom is 0.182 e. The van der Waals surface area contributed by atoms with Gasteiger partial charge in [0.05, 0.1) is 10.6 Å². The van der Waals surface area contributed by atoms with Gasteiger partial charge in [0.1, 0.15) is 0 Å². The largest absolute Gasteiger partial charge is 0.292 e. The lowest BCUT2D eigenvalue weighted by Crippen LogP contribution is -1.98. The van der Waals surface area contributed by atoms with Crippen molar-refractivity contribution in [3.63, 3.8) is 0 Å². The highest BCUT2D eigenvalue weighted by atomic mass is 35.5. The van der Waals surface area contributed by atoms with Crippen LogP contribution in [0.1, 0.15) is 9.67 Å². The molecule has 0 saturated heterocycles. The molecule has 0 fully saturated rings. The maximum absolute atomic E-state index is 11.7. The van der Waals surface area contributed by atoms with Crippen LogP contribution in [-0.4, -0.2) is 11.5 Å². The SMILES string of the molecule is O=C(CSc1cccc(Cl)c1)c1cccs1. The molecule has 16 heavy (non-hydrogen) atoms. The van der Waals surface area contributed by atoms with Gasteiger partial charge in [0, 0.05) is 9.92 Å². The molecule has 0 amide bonds. The molecule has 1 aromatic carbocycles. The molecule has 0 radical (unpaired) electrons. The number of hydrogen-bond acceptors (Lipinski definition) is 3. The minimum absolute atomic E-state index is 0.167. The average Bonchev–Trinajstić information content (AvgIpc) is 2.79. The highest BCUT2D eigenvalue weighted by Crippen LogP contribution is 2.23. The van der Waals surface area contributed by atoms with Gasteiger partial charge in [-0.15, -0.1) is 23.1 Å². The van der Waals surface area contributed by atoms with E-state index in [9.17, 15) is 4.79 Å². The zero-order chi connectivity index (χ0) is 11.4. The number of thioether (sulfide) groups is 1. The molecular formula is C12H9ClOS2. The summed E-state index contributed by atoms with van der Waals surface area (Å²) in [5.41, 5.74) is 0. The Morgan fingerprint density at radius 1 is 1.31 bits per heavy atom. The van der Waals surface area contributed by atoms with E-state index in [4.69, 9.17) is 11.6 Å². The van der Waals surface area contributed by atoms with Crippen LogP contribution in [-0.2, 0) is 0 Å². The molecule has 4 heteroatoms. The van der Waals surface area contributed by atoms with E-state index >= 15 is 0 Å². The summed E-state index contributed by atoms with van der Waals surface area (Å²) in [7, 11) is 0. The fourth-order valence-corrected chi connectivity index (χ4v) is 3.06. The van der Waals surface area contributed by atoms with Crippen molar-refractivity contribution in [1.82, 2.24) is 0 Å². The first-order valence-corrected chi connectivity index (χ1v) is 6.95. The van der Waals surface area contributed by atoms with E-state index in [2.05, 4.69) is 0 Å². The molecule has 0 atom stereocenters. The van der Waals surface area contributed by atoms with E-state index in [1.807, 2.05) is 41.8 Å². The zero-order valence-electron chi connectivity index (χ0n) is 8.35. The van der Waals surface area contributed by atoms with E-state index in [1.165, 1.54) is 23.1 Å². The molecule has 1 nitrogen and oxygen atoms in total. The second-order valence-corrected chi connectivity index (χ2v) is 5.58. The van der Waals surface area contributed by atoms with Crippen LogP contribution in [0, 0.1) is 0 Å². The lowest BCUT2D eigenvalue weighted by atomic mass is 10.3. The minimum Gasteiger partial charge on any atom is -0.292 e. The van der Waals surface area contributed by atoms with E-state index in [0.29, 0.717) is 10.8 Å². The van der Waals surface area contributed by atoms with Crippen molar-refractivity contribution in [2.75, 3.05) is 5.75 Å². The van der Waals surface area contributed by atoms with Gasteiger partial charge < -0.3 is 0 Å². The monoisotopic (exact) mass is 268 g/mol. The molecule has 0 spiro atoms. The second kappa shape index (κ2) is 5.53. The van der Waals surface area contributed by atoms with Crippen LogP contribution in [0.3, 0.4) is 0 Å². The number of thiophene rings is 1. The fraction of sp³-hybridized carbons (Fsp3) is 0.0833. The van der Waals surface area contributed by atoms with E-state index < -0.39 is 0 Å². The van der Waals surface area contributed by atoms with Crippen molar-refractivity contribution in [1.29, 1.82) is 0 Å². The van der Waals surface area contributed by atoms with Gasteiger partial charge in [0.2, 0.25) is 0 Å². The molecular weight excluding hydrogens is 260 g/mol. The van der Waals surface area contributed by atoms with E-state index in [1.54, 1.807) is 0 Å². The summed E-state index contributed by atoms with van der Waals surface area (Å²) in [6.45, 7) is 0. The topological polar surface area (TPSA) is 17.1 Å². The first-order valence-electron chi connectivity index (χ1n) is 4.71. The molecule has 0 aliphatic rings. The van der Waals surface area contributed by atoms with Crippen LogP contribution in [0.4, 0.5) is 0 Å². The lowest BCUT2D eigenvalue weighted by Gasteiger charge is -2.00. The summed E-state index contributed by atoms with van der Waals surface area (Å²) >= 11 is 8.86. The van der Waals surface area contributed by atoms with Crippen molar-refractivity contribution in [2.24, 2.45) is 0 Å². The molecule has 0 aliphatic carbocycles. The van der Waals surface area contributed by atoms with Crippen molar-refractivity contribution in [3.05, 3.63) is 51.7 Å². The van der Waals surface area contributed by atoms with Crippen molar-refractivity contribution >= 4 is 40.5 Å². The number of rotatable bonds is 4. The third-order valence-electron chi connectivity index (χ3n) is 1.96. The number of hydrogen-bond donors (Lipinski definition) is 0. The predicted octanol–water partition coefficient (Wildman–Crippen LogP) is 4.38. The third-order valence-corrected chi connectivity index (χ3v) is 4.10. The van der Waals surface area contributed by atoms with Gasteiger partial charge in [-0.2, -0.15) is 0 Å². The third kappa shape index (κ3) is 3.11. The second-order valence-electron chi connectivity index (χ2n) is 3.15. The first kappa shape index (κ1) is 11.7. The molecule has 2 rings (SSSR count). The van der Waals surface area contributed by atoms with Crippen LogP contribution in [0.25, 0.3) is 0 Å². The molecule has 1 aromatic heterocycles. The summed E-state index contributed by atoms with van der Waals surface area (Å²) in [6, 6.07) is 11.3. The van der Waals surface area contributed by atoms with Gasteiger partial charge in [-0.3, -0.25) is 4.79 Å². The molecule has 0 aliphatic heterocycles. The Morgan fingerprint density at radius 2 is 2.19 bits per heavy atom. The van der Waals surface area contributed by atoms with Gasteiger partial charge in [0.25, 0.3) is 0 Å². The molecule has 0 bridgehead atoms. The molecule has 2 aromatic rings. The van der Waals surface area contributed by atoms with Crippen molar-refractivity contribution in [2.45, 2.75) is 4.90 Å². The number of Topliss-reactive ketones (excluding diaryl/α,β-unsaturated/α-hetero) is 1. The van der Waals surface area contributed by atoms with Gasteiger partial charge in [-0.05, 0) is 29.6 Å². The summed E-state index contributed by atoms with van der Waals surface area (Å²) in [6.07, 6.45) is 0. The number of carbonyl (C=O) groups excluding carboxylic acids is 1. The normalized spacial score (nSPS) is 10.3. The molecule has 0 saturated carbocycles. The Balaban J connectivity index is 1.95. The summed E-state index contributed by atoms with van der Waals surface area (Å²) < 4.78 is 0. The van der Waals surface area contributed by atoms with Crippen molar-refractivity contribution in [3.8, 4) is 0 Å². The van der Waals surface area contributed by atoms with Crippen LogP contribution in [0.5, 0.6) is 0 Å². The van der Waals surface area contributed by atoms with Gasteiger partial charge in [-0.25, -0.2) is 0 Å². The van der Waals surface area contributed by atoms with Crippen molar-refractivity contribution < 1.29 is 4.79 Å². The Labute approximate surface area is 107 Å². The van der Waals surface area contributed by atoms with Gasteiger partial charge in [-0.1, -0.05) is 23.7 Å².